The van der Waals surface area contributed by atoms with Gasteiger partial charge in [-0.1, -0.05) is 17.7 Å². The first kappa shape index (κ1) is 19.5. The molecule has 0 spiro atoms. The van der Waals surface area contributed by atoms with E-state index in [2.05, 4.69) is 46.5 Å². The van der Waals surface area contributed by atoms with E-state index in [1.807, 2.05) is 6.07 Å². The molecule has 25 heavy (non-hydrogen) atoms. The number of morpholine rings is 1. The fourth-order valence-corrected chi connectivity index (χ4v) is 2.89. The van der Waals surface area contributed by atoms with Crippen LogP contribution in [0.1, 0.15) is 18.1 Å². The Kier molecular flexibility index (Phi) is 8.55. The number of hydrogen-bond donors (Lipinski definition) is 2. The van der Waals surface area contributed by atoms with Crippen LogP contribution >= 0.6 is 0 Å². The molecule has 0 unspecified atom stereocenters. The first-order chi connectivity index (χ1) is 12.2. The normalized spacial score (nSPS) is 15.9. The fraction of sp³-hybridized carbons (Fsp3) is 0.632. The Labute approximate surface area is 151 Å². The summed E-state index contributed by atoms with van der Waals surface area (Å²) in [5.74, 6) is 1.82. The average Bonchev–Trinajstić information content (AvgIpc) is 2.63. The summed E-state index contributed by atoms with van der Waals surface area (Å²) in [4.78, 5) is 7.08. The third kappa shape index (κ3) is 6.92. The van der Waals surface area contributed by atoms with Crippen LogP contribution in [0, 0.1) is 6.92 Å². The van der Waals surface area contributed by atoms with Gasteiger partial charge in [-0.2, -0.15) is 0 Å². The van der Waals surface area contributed by atoms with E-state index in [0.29, 0.717) is 0 Å². The van der Waals surface area contributed by atoms with Crippen molar-refractivity contribution in [3.05, 3.63) is 29.3 Å². The highest BCUT2D eigenvalue weighted by atomic mass is 16.5. The number of hydrogen-bond acceptors (Lipinski definition) is 4. The zero-order valence-electron chi connectivity index (χ0n) is 15.8. The topological polar surface area (TPSA) is 58.1 Å². The zero-order chi connectivity index (χ0) is 17.9. The monoisotopic (exact) mass is 348 g/mol. The Morgan fingerprint density at radius 1 is 1.28 bits per heavy atom. The number of methoxy groups -OCH3 is 1. The van der Waals surface area contributed by atoms with Crippen molar-refractivity contribution >= 4 is 5.96 Å². The van der Waals surface area contributed by atoms with Crippen LogP contribution in [0.4, 0.5) is 0 Å². The number of guanidine groups is 1. The highest BCUT2D eigenvalue weighted by Crippen LogP contribution is 2.19. The van der Waals surface area contributed by atoms with Gasteiger partial charge in [0.15, 0.2) is 5.96 Å². The predicted molar refractivity (Wildman–Crippen MR) is 103 cm³/mol. The average molecular weight is 348 g/mol. The SMILES string of the molecule is CCNC(=NCCN1CCOCC1)NCCc1cc(C)ccc1OC. The smallest absolute Gasteiger partial charge is 0.191 e. The van der Waals surface area contributed by atoms with E-state index in [4.69, 9.17) is 9.47 Å². The summed E-state index contributed by atoms with van der Waals surface area (Å²) >= 11 is 0. The van der Waals surface area contributed by atoms with Crippen LogP contribution in [-0.4, -0.2) is 70.5 Å². The van der Waals surface area contributed by atoms with Crippen LogP contribution in [-0.2, 0) is 11.2 Å². The molecule has 1 heterocycles. The molecule has 2 rings (SSSR count). The molecule has 0 atom stereocenters. The molecule has 140 valence electrons. The van der Waals surface area contributed by atoms with E-state index >= 15 is 0 Å². The van der Waals surface area contributed by atoms with Gasteiger partial charge < -0.3 is 20.1 Å². The van der Waals surface area contributed by atoms with Crippen molar-refractivity contribution < 1.29 is 9.47 Å². The summed E-state index contributed by atoms with van der Waals surface area (Å²) < 4.78 is 10.8. The lowest BCUT2D eigenvalue weighted by Crippen LogP contribution is -2.40. The van der Waals surface area contributed by atoms with Crippen molar-refractivity contribution in [2.45, 2.75) is 20.3 Å². The molecule has 0 aliphatic carbocycles. The van der Waals surface area contributed by atoms with Gasteiger partial charge in [0.25, 0.3) is 0 Å². The molecule has 1 aromatic carbocycles. The summed E-state index contributed by atoms with van der Waals surface area (Å²) in [6.07, 6.45) is 0.902. The van der Waals surface area contributed by atoms with Crippen LogP contribution < -0.4 is 15.4 Å². The van der Waals surface area contributed by atoms with Crippen molar-refractivity contribution in [2.75, 3.05) is 59.6 Å². The van der Waals surface area contributed by atoms with Gasteiger partial charge in [0, 0.05) is 32.7 Å². The van der Waals surface area contributed by atoms with E-state index < -0.39 is 0 Å². The van der Waals surface area contributed by atoms with E-state index in [1.165, 1.54) is 11.1 Å². The summed E-state index contributed by atoms with van der Waals surface area (Å²) in [6, 6.07) is 6.29. The van der Waals surface area contributed by atoms with Crippen LogP contribution in [0.2, 0.25) is 0 Å². The van der Waals surface area contributed by atoms with E-state index in [1.54, 1.807) is 7.11 Å². The van der Waals surface area contributed by atoms with Crippen LogP contribution in [0.15, 0.2) is 23.2 Å². The molecule has 0 radical (unpaired) electrons. The van der Waals surface area contributed by atoms with Crippen molar-refractivity contribution in [2.24, 2.45) is 4.99 Å². The molecule has 1 saturated heterocycles. The molecule has 6 nitrogen and oxygen atoms in total. The van der Waals surface area contributed by atoms with Gasteiger partial charge in [0.2, 0.25) is 0 Å². The van der Waals surface area contributed by atoms with Gasteiger partial charge >= 0.3 is 0 Å². The zero-order valence-corrected chi connectivity index (χ0v) is 15.8. The van der Waals surface area contributed by atoms with Gasteiger partial charge in [-0.25, -0.2) is 0 Å². The van der Waals surface area contributed by atoms with E-state index in [0.717, 1.165) is 70.6 Å². The molecular weight excluding hydrogens is 316 g/mol. The van der Waals surface area contributed by atoms with Gasteiger partial charge in [0.1, 0.15) is 5.75 Å². The molecule has 2 N–H and O–H groups in total. The Hall–Kier alpha value is -1.79. The number of benzene rings is 1. The molecule has 0 saturated carbocycles. The second kappa shape index (κ2) is 10.9. The minimum absolute atomic E-state index is 0.795. The van der Waals surface area contributed by atoms with Crippen molar-refractivity contribution in [3.63, 3.8) is 0 Å². The lowest BCUT2D eigenvalue weighted by Gasteiger charge is -2.25. The van der Waals surface area contributed by atoms with Gasteiger partial charge in [-0.15, -0.1) is 0 Å². The summed E-state index contributed by atoms with van der Waals surface area (Å²) in [5.41, 5.74) is 2.47. The van der Waals surface area contributed by atoms with Crippen molar-refractivity contribution in [1.82, 2.24) is 15.5 Å². The van der Waals surface area contributed by atoms with E-state index in [-0.39, 0.29) is 0 Å². The minimum Gasteiger partial charge on any atom is -0.496 e. The van der Waals surface area contributed by atoms with Crippen LogP contribution in [0.3, 0.4) is 0 Å². The summed E-state index contributed by atoms with van der Waals surface area (Å²) in [5, 5.41) is 6.73. The first-order valence-electron chi connectivity index (χ1n) is 9.18. The van der Waals surface area contributed by atoms with Crippen molar-refractivity contribution in [1.29, 1.82) is 0 Å². The molecule has 1 fully saturated rings. The number of nitrogens with one attached hydrogen (secondary N) is 2. The van der Waals surface area contributed by atoms with Crippen LogP contribution in [0.5, 0.6) is 5.75 Å². The van der Waals surface area contributed by atoms with Gasteiger partial charge in [-0.3, -0.25) is 9.89 Å². The number of aryl methyl sites for hydroxylation is 1. The Balaban J connectivity index is 1.80. The van der Waals surface area contributed by atoms with Crippen molar-refractivity contribution in [3.8, 4) is 5.75 Å². The largest absolute Gasteiger partial charge is 0.496 e. The third-order valence-corrected chi connectivity index (χ3v) is 4.26. The summed E-state index contributed by atoms with van der Waals surface area (Å²) in [7, 11) is 1.72. The molecular formula is C19H32N4O2. The molecule has 6 heteroatoms. The summed E-state index contributed by atoms with van der Waals surface area (Å²) in [6.45, 7) is 11.3. The van der Waals surface area contributed by atoms with Crippen LogP contribution in [0.25, 0.3) is 0 Å². The third-order valence-electron chi connectivity index (χ3n) is 4.26. The maximum Gasteiger partial charge on any atom is 0.191 e. The maximum absolute atomic E-state index is 5.45. The first-order valence-corrected chi connectivity index (χ1v) is 9.18. The Morgan fingerprint density at radius 3 is 2.80 bits per heavy atom. The second-order valence-electron chi connectivity index (χ2n) is 6.21. The molecule has 1 aliphatic rings. The molecule has 1 aromatic rings. The Bertz CT molecular complexity index is 542. The van der Waals surface area contributed by atoms with Gasteiger partial charge in [-0.05, 0) is 31.9 Å². The van der Waals surface area contributed by atoms with E-state index in [9.17, 15) is 0 Å². The molecule has 0 bridgehead atoms. The fourth-order valence-electron chi connectivity index (χ4n) is 2.89. The quantitative estimate of drug-likeness (QED) is 0.550. The predicted octanol–water partition coefficient (Wildman–Crippen LogP) is 1.43. The second-order valence-corrected chi connectivity index (χ2v) is 6.21. The minimum atomic E-state index is 0.795. The lowest BCUT2D eigenvalue weighted by molar-refractivity contribution is 0.0394. The number of rotatable bonds is 8. The molecule has 1 aliphatic heterocycles. The molecule has 0 amide bonds. The number of nitrogens with zero attached hydrogens (tertiary/aromatic N) is 2. The highest BCUT2D eigenvalue weighted by Gasteiger charge is 2.09. The number of aliphatic imine (C=N–C) groups is 1. The highest BCUT2D eigenvalue weighted by molar-refractivity contribution is 5.79. The lowest BCUT2D eigenvalue weighted by atomic mass is 10.1. The Morgan fingerprint density at radius 2 is 2.08 bits per heavy atom. The standard InChI is InChI=1S/C19H32N4O2/c1-4-20-19(22-9-10-23-11-13-25-14-12-23)21-8-7-17-15-16(2)5-6-18(17)24-3/h5-6,15H,4,7-14H2,1-3H3,(H2,20,21,22). The maximum atomic E-state index is 5.45. The number of ether oxygens (including phenoxy) is 2. The molecule has 0 aromatic heterocycles. The van der Waals surface area contributed by atoms with Gasteiger partial charge in [0.05, 0.1) is 26.9 Å².